The molecule has 6 heteroatoms. The number of nitrogens with zero attached hydrogens (tertiary/aromatic N) is 2. The van der Waals surface area contributed by atoms with Crippen molar-refractivity contribution >= 4 is 17.7 Å². The first-order valence-corrected chi connectivity index (χ1v) is 10.7. The lowest BCUT2D eigenvalue weighted by atomic mass is 9.70. The molecule has 0 aromatic carbocycles. The molecule has 0 saturated heterocycles. The Morgan fingerprint density at radius 1 is 1.38 bits per heavy atom. The molecule has 1 saturated carbocycles. The van der Waals surface area contributed by atoms with Crippen LogP contribution in [-0.4, -0.2) is 27.3 Å². The van der Waals surface area contributed by atoms with Crippen LogP contribution in [0.15, 0.2) is 9.95 Å². The molecular formula is C20H31N3O2S. The number of aromatic nitrogens is 2. The number of carbonyl (C=O) groups is 1. The molecule has 26 heavy (non-hydrogen) atoms. The molecule has 3 unspecified atom stereocenters. The van der Waals surface area contributed by atoms with Gasteiger partial charge in [0, 0.05) is 29.6 Å². The van der Waals surface area contributed by atoms with Crippen LogP contribution in [0.5, 0.6) is 0 Å². The number of carbonyl (C=O) groups excluding carboxylic acids is 1. The van der Waals surface area contributed by atoms with Crippen molar-refractivity contribution in [1.82, 2.24) is 14.9 Å². The Morgan fingerprint density at radius 2 is 2.12 bits per heavy atom. The second-order valence-corrected chi connectivity index (χ2v) is 9.84. The average molecular weight is 378 g/mol. The van der Waals surface area contributed by atoms with Gasteiger partial charge < -0.3 is 5.32 Å². The van der Waals surface area contributed by atoms with Crippen molar-refractivity contribution in [2.75, 3.05) is 5.75 Å². The highest BCUT2D eigenvalue weighted by Gasteiger charge is 2.35. The first kappa shape index (κ1) is 19.5. The molecule has 1 aliphatic heterocycles. The number of aryl methyl sites for hydroxylation is 1. The minimum atomic E-state index is -0.167. The van der Waals surface area contributed by atoms with E-state index in [9.17, 15) is 9.59 Å². The molecular weight excluding hydrogens is 346 g/mol. The van der Waals surface area contributed by atoms with Gasteiger partial charge in [-0.1, -0.05) is 39.5 Å². The summed E-state index contributed by atoms with van der Waals surface area (Å²) in [5, 5.41) is 4.03. The van der Waals surface area contributed by atoms with Gasteiger partial charge in [0.05, 0.1) is 5.92 Å². The van der Waals surface area contributed by atoms with E-state index in [1.54, 1.807) is 4.57 Å². The van der Waals surface area contributed by atoms with E-state index in [4.69, 9.17) is 0 Å². The lowest BCUT2D eigenvalue weighted by molar-refractivity contribution is -0.126. The average Bonchev–Trinajstić information content (AvgIpc) is 2.53. The smallest absolute Gasteiger partial charge is 0.257 e. The number of fused-ring (bicyclic) bond motifs is 1. The maximum absolute atomic E-state index is 12.9. The van der Waals surface area contributed by atoms with Gasteiger partial charge in [-0.15, -0.1) is 0 Å². The van der Waals surface area contributed by atoms with Gasteiger partial charge in [-0.05, 0) is 43.9 Å². The Labute approximate surface area is 160 Å². The van der Waals surface area contributed by atoms with Crippen LogP contribution >= 0.6 is 11.8 Å². The molecule has 1 fully saturated rings. The molecule has 0 radical (unpaired) electrons. The van der Waals surface area contributed by atoms with Gasteiger partial charge in [0.2, 0.25) is 5.91 Å². The quantitative estimate of drug-likeness (QED) is 0.822. The van der Waals surface area contributed by atoms with E-state index in [1.165, 1.54) is 18.2 Å². The van der Waals surface area contributed by atoms with E-state index in [0.29, 0.717) is 24.6 Å². The van der Waals surface area contributed by atoms with Crippen molar-refractivity contribution in [2.24, 2.45) is 17.3 Å². The van der Waals surface area contributed by atoms with Crippen molar-refractivity contribution in [3.05, 3.63) is 21.6 Å². The number of rotatable bonds is 3. The van der Waals surface area contributed by atoms with Crippen LogP contribution in [0.2, 0.25) is 0 Å². The summed E-state index contributed by atoms with van der Waals surface area (Å²) in [6.07, 6.45) is 3.97. The highest BCUT2D eigenvalue weighted by Crippen LogP contribution is 2.38. The fraction of sp³-hybridized carbons (Fsp3) is 0.750. The van der Waals surface area contributed by atoms with Gasteiger partial charge >= 0.3 is 0 Å². The van der Waals surface area contributed by atoms with E-state index in [0.717, 1.165) is 29.3 Å². The fourth-order valence-electron chi connectivity index (χ4n) is 4.74. The molecule has 3 rings (SSSR count). The Morgan fingerprint density at radius 3 is 2.77 bits per heavy atom. The summed E-state index contributed by atoms with van der Waals surface area (Å²) in [5.41, 5.74) is 1.88. The molecule has 1 aromatic rings. The minimum Gasteiger partial charge on any atom is -0.353 e. The molecule has 1 aromatic heterocycles. The van der Waals surface area contributed by atoms with Crippen LogP contribution in [0, 0.1) is 24.2 Å². The standard InChI is InChI=1S/C20H31N3O2S/c1-6-16-13(3)21-19-23(18(16)25)10-14(11-26-19)17(24)22-15-7-12(2)8-20(4,5)9-15/h12,14-15H,6-11H2,1-5H3,(H,22,24). The Hall–Kier alpha value is -1.30. The van der Waals surface area contributed by atoms with Crippen LogP contribution < -0.4 is 10.9 Å². The minimum absolute atomic E-state index is 0.0208. The summed E-state index contributed by atoms with van der Waals surface area (Å²) in [7, 11) is 0. The number of hydrogen-bond acceptors (Lipinski definition) is 4. The number of hydrogen-bond donors (Lipinski definition) is 1. The van der Waals surface area contributed by atoms with Crippen LogP contribution in [0.25, 0.3) is 0 Å². The Balaban J connectivity index is 1.72. The summed E-state index contributed by atoms with van der Waals surface area (Å²) >= 11 is 1.53. The molecule has 1 N–H and O–H groups in total. The third kappa shape index (κ3) is 4.00. The molecule has 0 spiro atoms. The van der Waals surface area contributed by atoms with Crippen molar-refractivity contribution in [1.29, 1.82) is 0 Å². The zero-order chi connectivity index (χ0) is 19.1. The first-order chi connectivity index (χ1) is 12.2. The fourth-order valence-corrected chi connectivity index (χ4v) is 5.86. The summed E-state index contributed by atoms with van der Waals surface area (Å²) in [6, 6.07) is 0.242. The Bertz CT molecular complexity index is 756. The second kappa shape index (κ2) is 7.37. The topological polar surface area (TPSA) is 64.0 Å². The second-order valence-electron chi connectivity index (χ2n) is 8.85. The zero-order valence-corrected chi connectivity index (χ0v) is 17.4. The molecule has 3 atom stereocenters. The summed E-state index contributed by atoms with van der Waals surface area (Å²) in [6.45, 7) is 11.2. The highest BCUT2D eigenvalue weighted by molar-refractivity contribution is 7.99. The van der Waals surface area contributed by atoms with Crippen LogP contribution in [-0.2, 0) is 17.8 Å². The van der Waals surface area contributed by atoms with Crippen molar-refractivity contribution in [3.8, 4) is 0 Å². The molecule has 1 aliphatic carbocycles. The lowest BCUT2D eigenvalue weighted by Crippen LogP contribution is -2.47. The van der Waals surface area contributed by atoms with Crippen LogP contribution in [0.3, 0.4) is 0 Å². The van der Waals surface area contributed by atoms with Crippen molar-refractivity contribution in [3.63, 3.8) is 0 Å². The monoisotopic (exact) mass is 377 g/mol. The van der Waals surface area contributed by atoms with E-state index in [1.807, 2.05) is 13.8 Å². The van der Waals surface area contributed by atoms with E-state index in [-0.39, 0.29) is 28.8 Å². The largest absolute Gasteiger partial charge is 0.353 e. The van der Waals surface area contributed by atoms with Gasteiger partial charge in [0.1, 0.15) is 0 Å². The molecule has 2 aliphatic rings. The van der Waals surface area contributed by atoms with Gasteiger partial charge in [-0.3, -0.25) is 14.2 Å². The summed E-state index contributed by atoms with van der Waals surface area (Å²) in [4.78, 5) is 30.2. The highest BCUT2D eigenvalue weighted by atomic mass is 32.2. The van der Waals surface area contributed by atoms with Crippen molar-refractivity contribution < 1.29 is 4.79 Å². The molecule has 5 nitrogen and oxygen atoms in total. The SMILES string of the molecule is CCc1c(C)nc2n(c1=O)CC(C(=O)NC1CC(C)CC(C)(C)C1)CS2. The molecule has 2 heterocycles. The molecule has 1 amide bonds. The maximum Gasteiger partial charge on any atom is 0.257 e. The third-order valence-electron chi connectivity index (χ3n) is 5.71. The predicted octanol–water partition coefficient (Wildman–Crippen LogP) is 3.17. The Kier molecular flexibility index (Phi) is 5.52. The number of amides is 1. The zero-order valence-electron chi connectivity index (χ0n) is 16.6. The molecule has 144 valence electrons. The lowest BCUT2D eigenvalue weighted by Gasteiger charge is -2.39. The van der Waals surface area contributed by atoms with E-state index in [2.05, 4.69) is 31.1 Å². The summed E-state index contributed by atoms with van der Waals surface area (Å²) < 4.78 is 1.71. The van der Waals surface area contributed by atoms with Gasteiger partial charge in [0.25, 0.3) is 5.56 Å². The van der Waals surface area contributed by atoms with Gasteiger partial charge in [-0.25, -0.2) is 4.98 Å². The van der Waals surface area contributed by atoms with Gasteiger partial charge in [-0.2, -0.15) is 0 Å². The van der Waals surface area contributed by atoms with E-state index >= 15 is 0 Å². The van der Waals surface area contributed by atoms with Gasteiger partial charge in [0.15, 0.2) is 5.16 Å². The predicted molar refractivity (Wildman–Crippen MR) is 106 cm³/mol. The number of thioether (sulfide) groups is 1. The normalized spacial score (nSPS) is 27.7. The molecule has 0 bridgehead atoms. The maximum atomic E-state index is 12.9. The third-order valence-corrected chi connectivity index (χ3v) is 6.85. The summed E-state index contributed by atoms with van der Waals surface area (Å²) in [5.74, 6) is 1.24. The van der Waals surface area contributed by atoms with Crippen LogP contribution in [0.1, 0.15) is 58.2 Å². The van der Waals surface area contributed by atoms with Crippen LogP contribution in [0.4, 0.5) is 0 Å². The number of nitrogens with one attached hydrogen (secondary N) is 1. The van der Waals surface area contributed by atoms with E-state index < -0.39 is 0 Å². The van der Waals surface area contributed by atoms with Crippen molar-refractivity contribution in [2.45, 2.75) is 78.0 Å². The first-order valence-electron chi connectivity index (χ1n) is 9.73.